The zero-order chi connectivity index (χ0) is 21.6. The van der Waals surface area contributed by atoms with Crippen LogP contribution >= 0.6 is 12.2 Å². The number of thiocarbonyl (C=S) groups is 1. The predicted molar refractivity (Wildman–Crippen MR) is 127 cm³/mol. The minimum absolute atomic E-state index is 0.0247. The highest BCUT2D eigenvalue weighted by molar-refractivity contribution is 7.80. The van der Waals surface area contributed by atoms with Gasteiger partial charge in [-0.25, -0.2) is 0 Å². The highest BCUT2D eigenvalue weighted by atomic mass is 32.1. The number of nitro benzene ring substituents is 1. The Morgan fingerprint density at radius 1 is 0.839 bits per heavy atom. The summed E-state index contributed by atoms with van der Waals surface area (Å²) in [6.07, 6.45) is 0. The number of para-hydroxylation sites is 2. The molecule has 0 bridgehead atoms. The number of hydrogen-bond donors (Lipinski definition) is 1. The molecule has 7 heteroatoms. The molecule has 0 spiro atoms. The van der Waals surface area contributed by atoms with Crippen molar-refractivity contribution in [3.63, 3.8) is 0 Å². The van der Waals surface area contributed by atoms with Crippen molar-refractivity contribution in [1.29, 1.82) is 0 Å². The van der Waals surface area contributed by atoms with Gasteiger partial charge in [-0.15, -0.1) is 0 Å². The van der Waals surface area contributed by atoms with Crippen LogP contribution in [0.15, 0.2) is 84.9 Å². The largest absolute Gasteiger partial charge is 0.346 e. The topological polar surface area (TPSA) is 61.7 Å². The Morgan fingerprint density at radius 3 is 1.90 bits per heavy atom. The molecule has 1 aliphatic rings. The van der Waals surface area contributed by atoms with E-state index in [1.54, 1.807) is 18.2 Å². The van der Waals surface area contributed by atoms with Crippen LogP contribution in [-0.2, 0) is 0 Å². The summed E-state index contributed by atoms with van der Waals surface area (Å²) in [6.45, 7) is 3.19. The van der Waals surface area contributed by atoms with Crippen molar-refractivity contribution >= 4 is 28.7 Å². The lowest BCUT2D eigenvalue weighted by molar-refractivity contribution is -0.383. The number of nitrogens with zero attached hydrogens (tertiary/aromatic N) is 3. The minimum atomic E-state index is -0.396. The number of rotatable bonds is 5. The molecule has 0 aliphatic carbocycles. The maximum Gasteiger partial charge on any atom is 0.292 e. The summed E-state index contributed by atoms with van der Waals surface area (Å²) in [7, 11) is 0. The van der Waals surface area contributed by atoms with Crippen molar-refractivity contribution in [2.45, 2.75) is 6.04 Å². The molecule has 31 heavy (non-hydrogen) atoms. The standard InChI is InChI=1S/C24H24N4O2S/c29-28(30)22-14-8-7-13-21(22)25-24(31)27-17-15-26(16-18-27)23(19-9-3-1-4-10-19)20-11-5-2-6-12-20/h1-14,23H,15-18H2,(H,25,31). The van der Waals surface area contributed by atoms with E-state index in [-0.39, 0.29) is 11.7 Å². The molecule has 0 unspecified atom stereocenters. The van der Waals surface area contributed by atoms with E-state index in [2.05, 4.69) is 63.6 Å². The Labute approximate surface area is 187 Å². The first kappa shape index (κ1) is 21.0. The van der Waals surface area contributed by atoms with Crippen LogP contribution < -0.4 is 5.32 Å². The van der Waals surface area contributed by atoms with E-state index in [4.69, 9.17) is 12.2 Å². The molecular weight excluding hydrogens is 408 g/mol. The van der Waals surface area contributed by atoms with Gasteiger partial charge >= 0.3 is 0 Å². The molecule has 1 aliphatic heterocycles. The van der Waals surface area contributed by atoms with E-state index in [0.717, 1.165) is 26.2 Å². The molecule has 1 saturated heterocycles. The van der Waals surface area contributed by atoms with Gasteiger partial charge in [-0.2, -0.15) is 0 Å². The molecule has 0 atom stereocenters. The first-order chi connectivity index (χ1) is 15.1. The second-order valence-electron chi connectivity index (χ2n) is 7.45. The van der Waals surface area contributed by atoms with Gasteiger partial charge in [-0.05, 0) is 29.4 Å². The molecule has 0 aromatic heterocycles. The molecule has 1 heterocycles. The molecular formula is C24H24N4O2S. The van der Waals surface area contributed by atoms with Gasteiger partial charge in [0.1, 0.15) is 5.69 Å². The number of nitro groups is 1. The Morgan fingerprint density at radius 2 is 1.35 bits per heavy atom. The first-order valence-corrected chi connectivity index (χ1v) is 10.7. The Hall–Kier alpha value is -3.29. The number of piperazine rings is 1. The lowest BCUT2D eigenvalue weighted by Gasteiger charge is -2.40. The molecule has 3 aromatic carbocycles. The molecule has 0 saturated carbocycles. The molecule has 3 aromatic rings. The van der Waals surface area contributed by atoms with Crippen LogP contribution in [0.1, 0.15) is 17.2 Å². The summed E-state index contributed by atoms with van der Waals surface area (Å²) in [5.41, 5.74) is 2.98. The highest BCUT2D eigenvalue weighted by Crippen LogP contribution is 2.30. The average Bonchev–Trinajstić information content (AvgIpc) is 2.81. The summed E-state index contributed by atoms with van der Waals surface area (Å²) in [4.78, 5) is 15.4. The van der Waals surface area contributed by atoms with Crippen LogP contribution in [0.3, 0.4) is 0 Å². The van der Waals surface area contributed by atoms with Crippen LogP contribution in [0.2, 0.25) is 0 Å². The van der Waals surface area contributed by atoms with Gasteiger partial charge < -0.3 is 10.2 Å². The van der Waals surface area contributed by atoms with Gasteiger partial charge in [0.25, 0.3) is 5.69 Å². The predicted octanol–water partition coefficient (Wildman–Crippen LogP) is 4.70. The monoisotopic (exact) mass is 432 g/mol. The summed E-state index contributed by atoms with van der Waals surface area (Å²) in [6, 6.07) is 27.8. The fraction of sp³-hybridized carbons (Fsp3) is 0.208. The van der Waals surface area contributed by atoms with E-state index in [1.807, 2.05) is 12.1 Å². The third-order valence-electron chi connectivity index (χ3n) is 5.54. The molecule has 1 N–H and O–H groups in total. The van der Waals surface area contributed by atoms with Gasteiger partial charge in [0, 0.05) is 32.2 Å². The molecule has 158 valence electrons. The van der Waals surface area contributed by atoms with Crippen molar-refractivity contribution < 1.29 is 4.92 Å². The zero-order valence-electron chi connectivity index (χ0n) is 17.1. The fourth-order valence-electron chi connectivity index (χ4n) is 4.00. The van der Waals surface area contributed by atoms with Gasteiger partial charge in [0.05, 0.1) is 11.0 Å². The maximum absolute atomic E-state index is 11.3. The summed E-state index contributed by atoms with van der Waals surface area (Å²) < 4.78 is 0. The minimum Gasteiger partial charge on any atom is -0.346 e. The SMILES string of the molecule is O=[N+]([O-])c1ccccc1NC(=S)N1CCN(C(c2ccccc2)c2ccccc2)CC1. The van der Waals surface area contributed by atoms with E-state index >= 15 is 0 Å². The quantitative estimate of drug-likeness (QED) is 0.358. The Kier molecular flexibility index (Phi) is 6.54. The van der Waals surface area contributed by atoms with Crippen molar-refractivity contribution in [1.82, 2.24) is 9.80 Å². The van der Waals surface area contributed by atoms with Crippen LogP contribution in [0.4, 0.5) is 11.4 Å². The Balaban J connectivity index is 1.46. The lowest BCUT2D eigenvalue weighted by Crippen LogP contribution is -2.51. The van der Waals surface area contributed by atoms with E-state index < -0.39 is 4.92 Å². The van der Waals surface area contributed by atoms with E-state index in [1.165, 1.54) is 17.2 Å². The van der Waals surface area contributed by atoms with E-state index in [0.29, 0.717) is 10.8 Å². The van der Waals surface area contributed by atoms with Crippen molar-refractivity contribution in [3.8, 4) is 0 Å². The second-order valence-corrected chi connectivity index (χ2v) is 7.84. The van der Waals surface area contributed by atoms with Crippen LogP contribution in [-0.4, -0.2) is 46.0 Å². The molecule has 1 fully saturated rings. The van der Waals surface area contributed by atoms with Crippen molar-refractivity contribution in [3.05, 3.63) is 106 Å². The second kappa shape index (κ2) is 9.68. The number of hydrogen-bond acceptors (Lipinski definition) is 4. The number of benzene rings is 3. The van der Waals surface area contributed by atoms with Gasteiger partial charge in [-0.3, -0.25) is 15.0 Å². The average molecular weight is 433 g/mol. The van der Waals surface area contributed by atoms with Crippen molar-refractivity contribution in [2.24, 2.45) is 0 Å². The summed E-state index contributed by atoms with van der Waals surface area (Å²) >= 11 is 5.57. The molecule has 0 radical (unpaired) electrons. The lowest BCUT2D eigenvalue weighted by atomic mass is 9.96. The molecule has 6 nitrogen and oxygen atoms in total. The fourth-order valence-corrected chi connectivity index (χ4v) is 4.29. The maximum atomic E-state index is 11.3. The van der Waals surface area contributed by atoms with Gasteiger partial charge in [-0.1, -0.05) is 72.8 Å². The number of anilines is 1. The molecule has 4 rings (SSSR count). The van der Waals surface area contributed by atoms with Gasteiger partial charge in [0.2, 0.25) is 0 Å². The third kappa shape index (κ3) is 4.90. The summed E-state index contributed by atoms with van der Waals surface area (Å²) in [5.74, 6) is 0. The van der Waals surface area contributed by atoms with Gasteiger partial charge in [0.15, 0.2) is 5.11 Å². The van der Waals surface area contributed by atoms with Crippen molar-refractivity contribution in [2.75, 3.05) is 31.5 Å². The van der Waals surface area contributed by atoms with E-state index in [9.17, 15) is 10.1 Å². The summed E-state index contributed by atoms with van der Waals surface area (Å²) in [5, 5.41) is 14.9. The normalized spacial score (nSPS) is 14.4. The van der Waals surface area contributed by atoms with Crippen LogP contribution in [0.25, 0.3) is 0 Å². The first-order valence-electron chi connectivity index (χ1n) is 10.3. The smallest absolute Gasteiger partial charge is 0.292 e. The third-order valence-corrected chi connectivity index (χ3v) is 5.90. The van der Waals surface area contributed by atoms with Crippen LogP contribution in [0.5, 0.6) is 0 Å². The van der Waals surface area contributed by atoms with Crippen LogP contribution in [0, 0.1) is 10.1 Å². The highest BCUT2D eigenvalue weighted by Gasteiger charge is 2.27. The number of nitrogens with one attached hydrogen (secondary N) is 1. The Bertz CT molecular complexity index is 998. The zero-order valence-corrected chi connectivity index (χ0v) is 17.9. The molecule has 0 amide bonds.